The van der Waals surface area contributed by atoms with E-state index in [0.717, 1.165) is 22.5 Å². The van der Waals surface area contributed by atoms with Crippen LogP contribution in [0.25, 0.3) is 17.1 Å². The number of benzene rings is 2. The van der Waals surface area contributed by atoms with Gasteiger partial charge >= 0.3 is 5.97 Å². The average Bonchev–Trinajstić information content (AvgIpc) is 3.43. The van der Waals surface area contributed by atoms with Crippen molar-refractivity contribution in [3.8, 4) is 17.1 Å². The van der Waals surface area contributed by atoms with Gasteiger partial charge in [0.15, 0.2) is 6.61 Å². The highest BCUT2D eigenvalue weighted by Crippen LogP contribution is 2.23. The summed E-state index contributed by atoms with van der Waals surface area (Å²) in [6.45, 7) is 5.28. The molecule has 0 bridgehead atoms. The molecule has 35 heavy (non-hydrogen) atoms. The van der Waals surface area contributed by atoms with Crippen LogP contribution in [0.5, 0.6) is 0 Å². The third kappa shape index (κ3) is 5.93. The molecule has 9 nitrogen and oxygen atoms in total. The molecule has 0 spiro atoms. The molecule has 0 aliphatic heterocycles. The average molecular weight is 494 g/mol. The summed E-state index contributed by atoms with van der Waals surface area (Å²) in [6.07, 6.45) is 0.196. The molecule has 1 N–H and O–H groups in total. The van der Waals surface area contributed by atoms with Crippen LogP contribution in [0, 0.1) is 20.8 Å². The number of carbonyl (C=O) groups excluding carboxylic acids is 2. The van der Waals surface area contributed by atoms with Crippen LogP contribution in [-0.4, -0.2) is 38.4 Å². The Morgan fingerprint density at radius 1 is 1.06 bits per heavy atom. The van der Waals surface area contributed by atoms with E-state index in [4.69, 9.17) is 20.9 Å². The number of rotatable bonds is 8. The van der Waals surface area contributed by atoms with Gasteiger partial charge in [-0.25, -0.2) is 4.68 Å². The number of ether oxygens (including phenoxy) is 1. The van der Waals surface area contributed by atoms with Gasteiger partial charge in [0, 0.05) is 17.0 Å². The number of carbonyl (C=O) groups is 2. The summed E-state index contributed by atoms with van der Waals surface area (Å²) in [7, 11) is 0. The normalized spacial score (nSPS) is 10.9. The molecule has 180 valence electrons. The number of hydrogen-bond donors (Lipinski definition) is 1. The molecular weight excluding hydrogens is 470 g/mol. The Kier molecular flexibility index (Phi) is 7.26. The number of aryl methyl sites for hydroxylation is 3. The highest BCUT2D eigenvalue weighted by atomic mass is 35.5. The summed E-state index contributed by atoms with van der Waals surface area (Å²) in [4.78, 5) is 28.8. The second-order valence-electron chi connectivity index (χ2n) is 8.02. The van der Waals surface area contributed by atoms with Gasteiger partial charge in [-0.15, -0.1) is 0 Å². The number of amides is 1. The molecule has 0 aliphatic carbocycles. The van der Waals surface area contributed by atoms with Crippen molar-refractivity contribution >= 4 is 29.2 Å². The van der Waals surface area contributed by atoms with Crippen molar-refractivity contribution in [2.75, 3.05) is 11.9 Å². The van der Waals surface area contributed by atoms with Gasteiger partial charge in [0.05, 0.1) is 29.2 Å². The van der Waals surface area contributed by atoms with E-state index in [-0.39, 0.29) is 12.8 Å². The Balaban J connectivity index is 1.27. The van der Waals surface area contributed by atoms with Crippen molar-refractivity contribution in [2.45, 2.75) is 33.6 Å². The SMILES string of the molecule is Cc1ccc(-n2nc(C)c(NC(=O)COC(=O)CCc3nc(-c4ccc(Cl)cc4)no3)c2C)cc1. The molecule has 4 aromatic rings. The van der Waals surface area contributed by atoms with Gasteiger partial charge in [-0.1, -0.05) is 34.5 Å². The zero-order valence-corrected chi connectivity index (χ0v) is 20.3. The number of esters is 1. The van der Waals surface area contributed by atoms with Gasteiger partial charge in [0.1, 0.15) is 0 Å². The number of nitrogens with one attached hydrogen (secondary N) is 1. The lowest BCUT2D eigenvalue weighted by Gasteiger charge is -2.08. The Morgan fingerprint density at radius 2 is 1.77 bits per heavy atom. The van der Waals surface area contributed by atoms with E-state index < -0.39 is 18.5 Å². The van der Waals surface area contributed by atoms with E-state index in [1.165, 1.54) is 0 Å². The van der Waals surface area contributed by atoms with Gasteiger partial charge in [-0.2, -0.15) is 10.1 Å². The lowest BCUT2D eigenvalue weighted by Crippen LogP contribution is -2.21. The first kappa shape index (κ1) is 24.2. The quantitative estimate of drug-likeness (QED) is 0.356. The van der Waals surface area contributed by atoms with Crippen molar-refractivity contribution in [3.05, 3.63) is 76.4 Å². The first-order chi connectivity index (χ1) is 16.8. The van der Waals surface area contributed by atoms with E-state index in [2.05, 4.69) is 20.6 Å². The maximum atomic E-state index is 12.4. The number of nitrogens with zero attached hydrogens (tertiary/aromatic N) is 4. The van der Waals surface area contributed by atoms with Crippen LogP contribution < -0.4 is 5.32 Å². The molecule has 0 saturated carbocycles. The van der Waals surface area contributed by atoms with Crippen LogP contribution in [0.1, 0.15) is 29.3 Å². The molecule has 0 fully saturated rings. The van der Waals surface area contributed by atoms with Gasteiger partial charge in [0.2, 0.25) is 11.7 Å². The first-order valence-corrected chi connectivity index (χ1v) is 11.3. The summed E-state index contributed by atoms with van der Waals surface area (Å²) in [5.41, 5.74) is 4.82. The van der Waals surface area contributed by atoms with Crippen molar-refractivity contribution in [2.24, 2.45) is 0 Å². The van der Waals surface area contributed by atoms with E-state index in [1.807, 2.05) is 45.0 Å². The van der Waals surface area contributed by atoms with E-state index in [0.29, 0.717) is 28.1 Å². The Labute approximate surface area is 207 Å². The Bertz CT molecular complexity index is 1340. The number of hydrogen-bond acceptors (Lipinski definition) is 7. The van der Waals surface area contributed by atoms with Crippen molar-refractivity contribution in [3.63, 3.8) is 0 Å². The maximum Gasteiger partial charge on any atom is 0.306 e. The zero-order chi connectivity index (χ0) is 24.9. The van der Waals surface area contributed by atoms with Gasteiger partial charge in [-0.3, -0.25) is 9.59 Å². The standard InChI is InChI=1S/C25H24ClN5O4/c1-15-4-10-20(11-5-15)31-17(3)24(16(2)29-31)27-21(32)14-34-23(33)13-12-22-28-25(30-35-22)18-6-8-19(26)9-7-18/h4-11H,12-14H2,1-3H3,(H,27,32). The molecule has 0 aliphatic rings. The maximum absolute atomic E-state index is 12.4. The van der Waals surface area contributed by atoms with Crippen LogP contribution in [-0.2, 0) is 20.7 Å². The molecule has 0 unspecified atom stereocenters. The van der Waals surface area contributed by atoms with E-state index in [9.17, 15) is 9.59 Å². The molecule has 0 saturated heterocycles. The Hall–Kier alpha value is -3.98. The van der Waals surface area contributed by atoms with Crippen LogP contribution in [0.2, 0.25) is 5.02 Å². The number of anilines is 1. The van der Waals surface area contributed by atoms with Gasteiger partial charge in [-0.05, 0) is 57.2 Å². The second kappa shape index (κ2) is 10.5. The predicted molar refractivity (Wildman–Crippen MR) is 130 cm³/mol. The monoisotopic (exact) mass is 493 g/mol. The van der Waals surface area contributed by atoms with Gasteiger partial charge in [0.25, 0.3) is 5.91 Å². The molecule has 0 radical (unpaired) electrons. The fourth-order valence-corrected chi connectivity index (χ4v) is 3.56. The summed E-state index contributed by atoms with van der Waals surface area (Å²) < 4.78 is 12.1. The second-order valence-corrected chi connectivity index (χ2v) is 8.46. The molecule has 10 heteroatoms. The van der Waals surface area contributed by atoms with Gasteiger partial charge < -0.3 is 14.6 Å². The van der Waals surface area contributed by atoms with Crippen LogP contribution in [0.15, 0.2) is 53.1 Å². The molecule has 2 heterocycles. The summed E-state index contributed by atoms with van der Waals surface area (Å²) >= 11 is 5.88. The minimum absolute atomic E-state index is 0.00105. The van der Waals surface area contributed by atoms with Crippen molar-refractivity contribution in [1.82, 2.24) is 19.9 Å². The minimum atomic E-state index is -0.546. The van der Waals surface area contributed by atoms with Crippen molar-refractivity contribution < 1.29 is 18.8 Å². The summed E-state index contributed by atoms with van der Waals surface area (Å²) in [5.74, 6) is -0.293. The largest absolute Gasteiger partial charge is 0.456 e. The van der Waals surface area contributed by atoms with Crippen LogP contribution >= 0.6 is 11.6 Å². The van der Waals surface area contributed by atoms with Crippen molar-refractivity contribution in [1.29, 1.82) is 0 Å². The third-order valence-corrected chi connectivity index (χ3v) is 5.56. The lowest BCUT2D eigenvalue weighted by atomic mass is 10.2. The lowest BCUT2D eigenvalue weighted by molar-refractivity contribution is -0.147. The smallest absolute Gasteiger partial charge is 0.306 e. The highest BCUT2D eigenvalue weighted by molar-refractivity contribution is 6.30. The molecule has 1 amide bonds. The molecule has 2 aromatic heterocycles. The van der Waals surface area contributed by atoms with E-state index >= 15 is 0 Å². The topological polar surface area (TPSA) is 112 Å². The zero-order valence-electron chi connectivity index (χ0n) is 19.5. The van der Waals surface area contributed by atoms with E-state index in [1.54, 1.807) is 28.9 Å². The first-order valence-electron chi connectivity index (χ1n) is 11.0. The number of halogens is 1. The molecular formula is C25H24ClN5O4. The molecule has 0 atom stereocenters. The number of aromatic nitrogens is 4. The molecule has 4 rings (SSSR count). The minimum Gasteiger partial charge on any atom is -0.456 e. The summed E-state index contributed by atoms with van der Waals surface area (Å²) in [5, 5.41) is 11.8. The summed E-state index contributed by atoms with van der Waals surface area (Å²) in [6, 6.07) is 14.9. The fourth-order valence-electron chi connectivity index (χ4n) is 3.44. The molecule has 2 aromatic carbocycles. The third-order valence-electron chi connectivity index (χ3n) is 5.31. The Morgan fingerprint density at radius 3 is 2.49 bits per heavy atom. The highest BCUT2D eigenvalue weighted by Gasteiger charge is 2.17. The fraction of sp³-hybridized carbons (Fsp3) is 0.240. The van der Waals surface area contributed by atoms with Crippen LogP contribution in [0.4, 0.5) is 5.69 Å². The van der Waals surface area contributed by atoms with Crippen LogP contribution in [0.3, 0.4) is 0 Å². The predicted octanol–water partition coefficient (Wildman–Crippen LogP) is 4.62.